The number of aromatic nitrogens is 1. The number of nitrogens with two attached hydrogens (primary N) is 1. The van der Waals surface area contributed by atoms with Gasteiger partial charge in [0.05, 0.1) is 5.69 Å². The van der Waals surface area contributed by atoms with Crippen LogP contribution in [0.5, 0.6) is 5.88 Å². The molecule has 0 radical (unpaired) electrons. The average molecular weight is 292 g/mol. The Balaban J connectivity index is 2.08. The first-order valence-electron chi connectivity index (χ1n) is 7.65. The van der Waals surface area contributed by atoms with Crippen LogP contribution in [0.3, 0.4) is 0 Å². The Bertz CT molecular complexity index is 484. The van der Waals surface area contributed by atoms with Crippen LogP contribution in [0.4, 0.5) is 11.5 Å². The number of pyridine rings is 1. The van der Waals surface area contributed by atoms with Crippen LogP contribution in [0, 0.1) is 5.92 Å². The molecule has 1 saturated heterocycles. The molecule has 3 N–H and O–H groups in total. The molecule has 2 heterocycles. The third kappa shape index (κ3) is 4.49. The van der Waals surface area contributed by atoms with Crippen LogP contribution in [-0.2, 0) is 0 Å². The molecule has 1 fully saturated rings. The molecule has 21 heavy (non-hydrogen) atoms. The molecule has 1 aromatic rings. The minimum absolute atomic E-state index is 0.305. The molecule has 0 bridgehead atoms. The molecule has 2 atom stereocenters. The van der Waals surface area contributed by atoms with Crippen LogP contribution >= 0.6 is 0 Å². The highest BCUT2D eigenvalue weighted by Gasteiger charge is 2.24. The molecule has 1 aliphatic rings. The highest BCUT2D eigenvalue weighted by molar-refractivity contribution is 5.54. The molecular formula is C16H28N4O. The second kappa shape index (κ2) is 6.10. The predicted octanol–water partition coefficient (Wildman–Crippen LogP) is 2.59. The van der Waals surface area contributed by atoms with E-state index in [0.29, 0.717) is 23.5 Å². The van der Waals surface area contributed by atoms with Crippen LogP contribution < -0.4 is 15.8 Å². The van der Waals surface area contributed by atoms with Gasteiger partial charge in [-0.2, -0.15) is 4.98 Å². The summed E-state index contributed by atoms with van der Waals surface area (Å²) in [6.07, 6.45) is 1.12. The zero-order valence-electron chi connectivity index (χ0n) is 13.8. The van der Waals surface area contributed by atoms with E-state index >= 15 is 0 Å². The Hall–Kier alpha value is -1.49. The maximum atomic E-state index is 5.95. The number of hydrogen-bond donors (Lipinski definition) is 2. The molecule has 1 aromatic heterocycles. The number of rotatable bonds is 3. The minimum Gasteiger partial charge on any atom is -0.470 e. The smallest absolute Gasteiger partial charge is 0.239 e. The predicted molar refractivity (Wildman–Crippen MR) is 87.7 cm³/mol. The summed E-state index contributed by atoms with van der Waals surface area (Å²) in [5.74, 6) is 1.94. The number of piperidine rings is 1. The van der Waals surface area contributed by atoms with Crippen molar-refractivity contribution in [2.45, 2.75) is 45.8 Å². The third-order valence-corrected chi connectivity index (χ3v) is 3.73. The summed E-state index contributed by atoms with van der Waals surface area (Å²) in [6, 6.07) is 4.23. The van der Waals surface area contributed by atoms with Gasteiger partial charge < -0.3 is 20.7 Å². The van der Waals surface area contributed by atoms with Crippen molar-refractivity contribution >= 4 is 11.5 Å². The maximum Gasteiger partial charge on any atom is 0.239 e. The van der Waals surface area contributed by atoms with Gasteiger partial charge in [-0.15, -0.1) is 0 Å². The normalized spacial score (nSPS) is 23.9. The number of nitrogen functional groups attached to an aromatic ring is 1. The van der Waals surface area contributed by atoms with Crippen LogP contribution in [0.15, 0.2) is 12.1 Å². The van der Waals surface area contributed by atoms with Crippen LogP contribution in [-0.4, -0.2) is 41.7 Å². The van der Waals surface area contributed by atoms with E-state index in [1.807, 2.05) is 32.9 Å². The molecule has 2 unspecified atom stereocenters. The molecule has 118 valence electrons. The van der Waals surface area contributed by atoms with E-state index in [1.54, 1.807) is 0 Å². The number of ether oxygens (including phenoxy) is 1. The van der Waals surface area contributed by atoms with Gasteiger partial charge in [-0.1, -0.05) is 6.92 Å². The van der Waals surface area contributed by atoms with Crippen molar-refractivity contribution in [3.63, 3.8) is 0 Å². The van der Waals surface area contributed by atoms with Crippen molar-refractivity contribution in [3.8, 4) is 5.88 Å². The number of nitrogens with zero attached hydrogens (tertiary/aromatic N) is 2. The van der Waals surface area contributed by atoms with Crippen molar-refractivity contribution in [3.05, 3.63) is 12.1 Å². The first kappa shape index (κ1) is 15.9. The van der Waals surface area contributed by atoms with Gasteiger partial charge in [-0.05, 0) is 58.8 Å². The minimum atomic E-state index is -0.305. The average Bonchev–Trinajstić information content (AvgIpc) is 2.35. The van der Waals surface area contributed by atoms with Crippen molar-refractivity contribution in [1.29, 1.82) is 0 Å². The maximum absolute atomic E-state index is 5.95. The highest BCUT2D eigenvalue weighted by atomic mass is 16.5. The van der Waals surface area contributed by atoms with Gasteiger partial charge in [0.25, 0.3) is 0 Å². The van der Waals surface area contributed by atoms with E-state index in [-0.39, 0.29) is 5.60 Å². The Morgan fingerprint density at radius 1 is 1.38 bits per heavy atom. The molecule has 0 aromatic carbocycles. The summed E-state index contributed by atoms with van der Waals surface area (Å²) in [6.45, 7) is 10.5. The van der Waals surface area contributed by atoms with Gasteiger partial charge in [0.1, 0.15) is 11.4 Å². The fraction of sp³-hybridized carbons (Fsp3) is 0.688. The van der Waals surface area contributed by atoms with Crippen LogP contribution in [0.25, 0.3) is 0 Å². The molecule has 0 spiro atoms. The van der Waals surface area contributed by atoms with Crippen LogP contribution in [0.1, 0.15) is 34.1 Å². The zero-order chi connectivity index (χ0) is 15.6. The topological polar surface area (TPSA) is 63.4 Å². The Morgan fingerprint density at radius 3 is 2.71 bits per heavy atom. The standard InChI is InChI=1S/C16H28N4O/c1-11-10-20(5)9-8-13(11)18-14-7-6-12(17)15(19-14)21-16(2,3)4/h6-7,11,13H,8-10,17H2,1-5H3,(H,18,19). The van der Waals surface area contributed by atoms with E-state index in [0.717, 1.165) is 25.3 Å². The molecular weight excluding hydrogens is 264 g/mol. The van der Waals surface area contributed by atoms with Gasteiger partial charge in [0.15, 0.2) is 0 Å². The van der Waals surface area contributed by atoms with Gasteiger partial charge in [0, 0.05) is 12.6 Å². The Labute approximate surface area is 127 Å². The number of anilines is 2. The van der Waals surface area contributed by atoms with Crippen LogP contribution in [0.2, 0.25) is 0 Å². The molecule has 2 rings (SSSR count). The number of likely N-dealkylation sites (tertiary alicyclic amines) is 1. The summed E-state index contributed by atoms with van der Waals surface area (Å²) >= 11 is 0. The lowest BCUT2D eigenvalue weighted by Gasteiger charge is -2.35. The highest BCUT2D eigenvalue weighted by Crippen LogP contribution is 2.26. The first-order valence-corrected chi connectivity index (χ1v) is 7.65. The summed E-state index contributed by atoms with van der Waals surface area (Å²) in [5, 5.41) is 3.53. The third-order valence-electron chi connectivity index (χ3n) is 3.73. The summed E-state index contributed by atoms with van der Waals surface area (Å²) in [7, 11) is 2.17. The van der Waals surface area contributed by atoms with Gasteiger partial charge in [-0.3, -0.25) is 0 Å². The Kier molecular flexibility index (Phi) is 4.61. The molecule has 1 aliphatic heterocycles. The second-order valence-corrected chi connectivity index (χ2v) is 7.08. The van der Waals surface area contributed by atoms with Gasteiger partial charge in [0.2, 0.25) is 5.88 Å². The van der Waals surface area contributed by atoms with E-state index < -0.39 is 0 Å². The molecule has 0 saturated carbocycles. The Morgan fingerprint density at radius 2 is 2.10 bits per heavy atom. The largest absolute Gasteiger partial charge is 0.470 e. The number of nitrogens with one attached hydrogen (secondary N) is 1. The van der Waals surface area contributed by atoms with Gasteiger partial charge >= 0.3 is 0 Å². The lowest BCUT2D eigenvalue weighted by Crippen LogP contribution is -2.43. The second-order valence-electron chi connectivity index (χ2n) is 7.08. The SMILES string of the molecule is CC1CN(C)CCC1Nc1ccc(N)c(OC(C)(C)C)n1. The number of hydrogen-bond acceptors (Lipinski definition) is 5. The molecule has 5 heteroatoms. The van der Waals surface area contributed by atoms with E-state index in [9.17, 15) is 0 Å². The summed E-state index contributed by atoms with van der Waals surface area (Å²) in [4.78, 5) is 6.90. The van der Waals surface area contributed by atoms with E-state index in [1.165, 1.54) is 0 Å². The fourth-order valence-electron chi connectivity index (χ4n) is 2.66. The molecule has 0 aliphatic carbocycles. The summed E-state index contributed by atoms with van der Waals surface area (Å²) in [5.41, 5.74) is 6.22. The first-order chi connectivity index (χ1) is 9.74. The van der Waals surface area contributed by atoms with Crippen molar-refractivity contribution in [2.75, 3.05) is 31.2 Å². The van der Waals surface area contributed by atoms with E-state index in [4.69, 9.17) is 10.5 Å². The fourth-order valence-corrected chi connectivity index (χ4v) is 2.66. The van der Waals surface area contributed by atoms with Crippen molar-refractivity contribution in [1.82, 2.24) is 9.88 Å². The molecule has 0 amide bonds. The van der Waals surface area contributed by atoms with Crippen molar-refractivity contribution in [2.24, 2.45) is 5.92 Å². The summed E-state index contributed by atoms with van der Waals surface area (Å²) < 4.78 is 5.82. The zero-order valence-corrected chi connectivity index (χ0v) is 13.8. The van der Waals surface area contributed by atoms with E-state index in [2.05, 4.69) is 29.2 Å². The van der Waals surface area contributed by atoms with Gasteiger partial charge in [-0.25, -0.2) is 0 Å². The monoisotopic (exact) mass is 292 g/mol. The van der Waals surface area contributed by atoms with Crippen molar-refractivity contribution < 1.29 is 4.74 Å². The molecule has 5 nitrogen and oxygen atoms in total. The lowest BCUT2D eigenvalue weighted by atomic mass is 9.94. The lowest BCUT2D eigenvalue weighted by molar-refractivity contribution is 0.125. The quantitative estimate of drug-likeness (QED) is 0.896.